The van der Waals surface area contributed by atoms with Crippen LogP contribution in [-0.4, -0.2) is 7.85 Å². The average molecular weight is 109 g/mol. The number of nitrogens with two attached hydrogens (primary N) is 1. The highest BCUT2D eigenvalue weighted by Crippen LogP contribution is 2.03. The van der Waals surface area contributed by atoms with E-state index in [2.05, 4.69) is 0 Å². The van der Waals surface area contributed by atoms with Gasteiger partial charge in [-0.05, 0) is 13.3 Å². The lowest BCUT2D eigenvalue weighted by molar-refractivity contribution is 0.939. The lowest BCUT2D eigenvalue weighted by Gasteiger charge is -1.96. The molecule has 0 bridgehead atoms. The molecule has 2 N–H and O–H groups in total. The lowest BCUT2D eigenvalue weighted by atomic mass is 9.86. The van der Waals surface area contributed by atoms with Crippen molar-refractivity contribution in [3.05, 3.63) is 11.8 Å². The number of allylic oxidation sites excluding steroid dienone is 2. The maximum absolute atomic E-state index is 5.44. The number of rotatable bonds is 2. The second-order valence-electron chi connectivity index (χ2n) is 2.16. The summed E-state index contributed by atoms with van der Waals surface area (Å²) < 4.78 is 0. The van der Waals surface area contributed by atoms with Crippen molar-refractivity contribution < 1.29 is 0 Å². The van der Waals surface area contributed by atoms with Gasteiger partial charge in [-0.2, -0.15) is 0 Å². The molecule has 2 heteroatoms. The Morgan fingerprint density at radius 1 is 1.88 bits per heavy atom. The summed E-state index contributed by atoms with van der Waals surface area (Å²) in [5.74, 6) is 0.230. The largest absolute Gasteiger partial charge is 0.403 e. The highest BCUT2D eigenvalue weighted by atomic mass is 14.5. The van der Waals surface area contributed by atoms with E-state index in [4.69, 9.17) is 13.6 Å². The maximum atomic E-state index is 5.44. The van der Waals surface area contributed by atoms with Gasteiger partial charge in [0.25, 0.3) is 0 Å². The molecule has 8 heavy (non-hydrogen) atoms. The first-order valence-electron chi connectivity index (χ1n) is 2.80. The fraction of sp³-hybridized carbons (Fsp3) is 0.667. The van der Waals surface area contributed by atoms with Gasteiger partial charge in [0.1, 0.15) is 0 Å². The third-order valence-corrected chi connectivity index (χ3v) is 0.812. The minimum atomic E-state index is 0.230. The molecule has 0 aromatic carbocycles. The SMILES string of the molecule is [B]C(C)C/C=C(\C)N. The van der Waals surface area contributed by atoms with Crippen LogP contribution in [0.15, 0.2) is 11.8 Å². The van der Waals surface area contributed by atoms with Crippen molar-refractivity contribution in [3.8, 4) is 0 Å². The Morgan fingerprint density at radius 3 is 2.50 bits per heavy atom. The third-order valence-electron chi connectivity index (χ3n) is 0.812. The van der Waals surface area contributed by atoms with E-state index in [1.165, 1.54) is 0 Å². The maximum Gasteiger partial charge on any atom is 0.0699 e. The van der Waals surface area contributed by atoms with Crippen LogP contribution < -0.4 is 5.73 Å². The molecule has 0 heterocycles. The van der Waals surface area contributed by atoms with E-state index in [-0.39, 0.29) is 5.82 Å². The van der Waals surface area contributed by atoms with Crippen molar-refractivity contribution >= 4 is 7.85 Å². The van der Waals surface area contributed by atoms with Crippen molar-refractivity contribution in [3.63, 3.8) is 0 Å². The monoisotopic (exact) mass is 109 g/mol. The van der Waals surface area contributed by atoms with E-state index >= 15 is 0 Å². The number of hydrogen-bond acceptors (Lipinski definition) is 1. The van der Waals surface area contributed by atoms with Crippen LogP contribution in [0, 0.1) is 0 Å². The van der Waals surface area contributed by atoms with Crippen LogP contribution >= 0.6 is 0 Å². The van der Waals surface area contributed by atoms with Gasteiger partial charge in [-0.25, -0.2) is 0 Å². The summed E-state index contributed by atoms with van der Waals surface area (Å²) in [6.07, 6.45) is 2.81. The molecule has 0 rings (SSSR count). The molecule has 0 fully saturated rings. The summed E-state index contributed by atoms with van der Waals surface area (Å²) in [6.45, 7) is 3.82. The van der Waals surface area contributed by atoms with E-state index in [0.717, 1.165) is 12.1 Å². The highest BCUT2D eigenvalue weighted by Gasteiger charge is 1.86. The molecule has 1 atom stereocenters. The van der Waals surface area contributed by atoms with Gasteiger partial charge in [0.05, 0.1) is 7.85 Å². The van der Waals surface area contributed by atoms with Gasteiger partial charge in [0.15, 0.2) is 0 Å². The fourth-order valence-corrected chi connectivity index (χ4v) is 0.372. The van der Waals surface area contributed by atoms with E-state index in [1.54, 1.807) is 0 Å². The Hall–Kier alpha value is -0.395. The molecule has 2 radical (unpaired) electrons. The normalized spacial score (nSPS) is 16.0. The van der Waals surface area contributed by atoms with E-state index in [0.29, 0.717) is 0 Å². The van der Waals surface area contributed by atoms with Crippen LogP contribution in [0.2, 0.25) is 5.82 Å². The van der Waals surface area contributed by atoms with Crippen LogP contribution in [0.1, 0.15) is 20.3 Å². The minimum absolute atomic E-state index is 0.230. The Morgan fingerprint density at radius 2 is 2.38 bits per heavy atom. The van der Waals surface area contributed by atoms with Crippen molar-refractivity contribution in [2.45, 2.75) is 26.1 Å². The van der Waals surface area contributed by atoms with Gasteiger partial charge in [0.2, 0.25) is 0 Å². The fourth-order valence-electron chi connectivity index (χ4n) is 0.372. The molecule has 0 aliphatic rings. The molecular formula is C6H12BN. The molecule has 0 saturated heterocycles. The molecule has 1 unspecified atom stereocenters. The molecule has 0 aliphatic heterocycles. The quantitative estimate of drug-likeness (QED) is 0.530. The molecule has 44 valence electrons. The van der Waals surface area contributed by atoms with Crippen molar-refractivity contribution in [2.75, 3.05) is 0 Å². The van der Waals surface area contributed by atoms with Crippen LogP contribution in [0.5, 0.6) is 0 Å². The first kappa shape index (κ1) is 7.60. The van der Waals surface area contributed by atoms with Crippen LogP contribution in [0.4, 0.5) is 0 Å². The van der Waals surface area contributed by atoms with Crippen molar-refractivity contribution in [2.24, 2.45) is 5.73 Å². The molecule has 0 aliphatic carbocycles. The van der Waals surface area contributed by atoms with E-state index in [1.807, 2.05) is 19.9 Å². The zero-order valence-electron chi connectivity index (χ0n) is 5.52. The predicted octanol–water partition coefficient (Wildman–Crippen LogP) is 1.22. The molecule has 0 saturated carbocycles. The van der Waals surface area contributed by atoms with Gasteiger partial charge in [-0.3, -0.25) is 0 Å². The Bertz CT molecular complexity index is 82.5. The first-order chi connectivity index (χ1) is 3.63. The lowest BCUT2D eigenvalue weighted by Crippen LogP contribution is -1.91. The minimum Gasteiger partial charge on any atom is -0.403 e. The summed E-state index contributed by atoms with van der Waals surface area (Å²) in [6, 6.07) is 0. The summed E-state index contributed by atoms with van der Waals surface area (Å²) in [5.41, 5.74) is 6.20. The Balaban J connectivity index is 3.29. The molecule has 0 aromatic heterocycles. The highest BCUT2D eigenvalue weighted by molar-refractivity contribution is 6.11. The predicted molar refractivity (Wildman–Crippen MR) is 37.7 cm³/mol. The number of hydrogen-bond donors (Lipinski definition) is 1. The summed E-state index contributed by atoms with van der Waals surface area (Å²) >= 11 is 0. The van der Waals surface area contributed by atoms with Gasteiger partial charge in [-0.15, -0.1) is 0 Å². The summed E-state index contributed by atoms with van der Waals surface area (Å²) in [4.78, 5) is 0. The van der Waals surface area contributed by atoms with Crippen molar-refractivity contribution in [1.82, 2.24) is 0 Å². The van der Waals surface area contributed by atoms with Gasteiger partial charge >= 0.3 is 0 Å². The van der Waals surface area contributed by atoms with Gasteiger partial charge in [-0.1, -0.05) is 18.8 Å². The van der Waals surface area contributed by atoms with Crippen LogP contribution in [0.3, 0.4) is 0 Å². The molecule has 0 amide bonds. The summed E-state index contributed by atoms with van der Waals surface area (Å²) in [7, 11) is 5.44. The molecule has 0 aromatic rings. The Kier molecular flexibility index (Phi) is 3.41. The summed E-state index contributed by atoms with van der Waals surface area (Å²) in [5, 5.41) is 0. The van der Waals surface area contributed by atoms with Gasteiger partial charge < -0.3 is 5.73 Å². The second kappa shape index (κ2) is 3.59. The third kappa shape index (κ3) is 5.60. The van der Waals surface area contributed by atoms with Gasteiger partial charge in [0, 0.05) is 5.70 Å². The Labute approximate surface area is 52.4 Å². The zero-order chi connectivity index (χ0) is 6.57. The van der Waals surface area contributed by atoms with Crippen LogP contribution in [0.25, 0.3) is 0 Å². The second-order valence-corrected chi connectivity index (χ2v) is 2.16. The molecular weight excluding hydrogens is 96.9 g/mol. The molecule has 1 nitrogen and oxygen atoms in total. The molecule has 0 spiro atoms. The first-order valence-corrected chi connectivity index (χ1v) is 2.80. The van der Waals surface area contributed by atoms with Crippen LogP contribution in [-0.2, 0) is 0 Å². The van der Waals surface area contributed by atoms with E-state index in [9.17, 15) is 0 Å². The topological polar surface area (TPSA) is 26.0 Å². The standard InChI is InChI=1S/C6H12BN/c1-5(7)3-4-6(2)8/h4-5H,3,8H2,1-2H3/b6-4+. The average Bonchev–Trinajstić information content (AvgIpc) is 1.61. The van der Waals surface area contributed by atoms with Crippen molar-refractivity contribution in [1.29, 1.82) is 0 Å². The smallest absolute Gasteiger partial charge is 0.0699 e. The zero-order valence-corrected chi connectivity index (χ0v) is 5.52. The van der Waals surface area contributed by atoms with E-state index < -0.39 is 0 Å².